The van der Waals surface area contributed by atoms with E-state index >= 15 is 0 Å². The second-order valence-electron chi connectivity index (χ2n) is 39.7. The average molecular weight is 1760 g/mol. The first-order chi connectivity index (χ1) is 61.5. The number of allylic oxidation sites excluding steroid dienone is 46. The fraction of sp³-hybridized carbons (Fsp3) is 0.584. The van der Waals surface area contributed by atoms with E-state index in [1.165, 1.54) is 148 Å². The molecule has 0 bridgehead atoms. The van der Waals surface area contributed by atoms with Gasteiger partial charge in [-0.1, -0.05) is 267 Å². The third-order valence-corrected chi connectivity index (χ3v) is 24.6. The number of ether oxygens (including phenoxy) is 2. The molecule has 4 heteroatoms. The fourth-order valence-electron chi connectivity index (χ4n) is 15.3. The first-order valence-electron chi connectivity index (χ1n) is 51.2. The van der Waals surface area contributed by atoms with E-state index < -0.39 is 0 Å². The van der Waals surface area contributed by atoms with Gasteiger partial charge in [0.2, 0.25) is 0 Å². The van der Waals surface area contributed by atoms with Crippen LogP contribution in [0, 0.1) is 0 Å². The Morgan fingerprint density at radius 1 is 0.140 bits per heavy atom. The lowest BCUT2D eigenvalue weighted by Crippen LogP contribution is -2.04. The Balaban J connectivity index is 4.43. The quantitative estimate of drug-likeness (QED) is 0.0346. The number of hydrogen-bond donors (Lipinski definition) is 0. The zero-order chi connectivity index (χ0) is 96.2. The van der Waals surface area contributed by atoms with Gasteiger partial charge in [0.1, 0.15) is 13.2 Å². The van der Waals surface area contributed by atoms with Crippen LogP contribution in [0.1, 0.15) is 469 Å². The van der Waals surface area contributed by atoms with Crippen LogP contribution in [0.2, 0.25) is 0 Å². The fourth-order valence-corrected chi connectivity index (χ4v) is 15.3. The molecule has 0 unspecified atom stereocenters. The van der Waals surface area contributed by atoms with Crippen molar-refractivity contribution < 1.29 is 19.1 Å². The Hall–Kier alpha value is -7.56. The number of esters is 2. The van der Waals surface area contributed by atoms with Gasteiger partial charge in [-0.25, -0.2) is 9.59 Å². The molecule has 0 saturated heterocycles. The number of rotatable bonds is 72. The van der Waals surface area contributed by atoms with Crippen molar-refractivity contribution in [3.63, 3.8) is 0 Å². The Morgan fingerprint density at radius 3 is 0.403 bits per heavy atom. The van der Waals surface area contributed by atoms with Gasteiger partial charge in [0.25, 0.3) is 0 Å². The third-order valence-electron chi connectivity index (χ3n) is 24.6. The minimum absolute atomic E-state index is 0.248. The molecular weight excluding hydrogens is 1570 g/mol. The highest BCUT2D eigenvalue weighted by Crippen LogP contribution is 2.25. The topological polar surface area (TPSA) is 52.6 Å². The molecular formula is C125H198O4. The molecule has 722 valence electrons. The van der Waals surface area contributed by atoms with E-state index in [0.717, 1.165) is 274 Å². The van der Waals surface area contributed by atoms with Crippen LogP contribution in [0.3, 0.4) is 0 Å². The molecule has 0 aliphatic rings. The molecule has 0 atom stereocenters. The van der Waals surface area contributed by atoms with E-state index in [1.807, 2.05) is 13.8 Å². The highest BCUT2D eigenvalue weighted by atomic mass is 16.5. The molecule has 0 aliphatic heterocycles. The summed E-state index contributed by atoms with van der Waals surface area (Å²) in [6.45, 7) is 61.0. The summed E-state index contributed by atoms with van der Waals surface area (Å²) in [5, 5.41) is 0. The van der Waals surface area contributed by atoms with Gasteiger partial charge in [-0.05, 0) is 481 Å². The number of carbonyl (C=O) groups is 2. The zero-order valence-electron chi connectivity index (χ0n) is 89.1. The normalized spacial score (nSPS) is 15.0. The molecule has 0 aromatic rings. The number of hydrogen-bond acceptors (Lipinski definition) is 4. The molecule has 0 spiro atoms. The summed E-state index contributed by atoms with van der Waals surface area (Å²) in [4.78, 5) is 25.3. The van der Waals surface area contributed by atoms with Gasteiger partial charge in [0.15, 0.2) is 0 Å². The lowest BCUT2D eigenvalue weighted by atomic mass is 10.0. The molecule has 0 rings (SSSR count). The maximum Gasteiger partial charge on any atom is 0.331 e. The van der Waals surface area contributed by atoms with Crippen LogP contribution in [-0.2, 0) is 19.1 Å². The van der Waals surface area contributed by atoms with E-state index in [-0.39, 0.29) is 11.9 Å². The SMILES string of the molecule is CC(C)=CCC/C(C)=C/CC/C(C)=C/CC/C(C)=C\CC/C(C)=C\CC/C(C)=C\CC/C(C)=C\CC/C(C)=C\C(=O)OC/C=C(/C)CC/C=C(/C)CC/C=C(/C)CC/C=C(/C)CC/C=C(/C)CC/C=C(/C)CC/C=C(\C)CC/C=C(\C)CC/C=C(\C)COC(=O)/C=C(/C)CC/C=C(/C)CC/C=C(/C)CC/C=C(/C)CC/C=C(/C)CC/C=C(\C)CC/C=C(\C)CCC=C(C)C. The predicted octanol–water partition coefficient (Wildman–Crippen LogP) is 40.9. The first kappa shape index (κ1) is 121. The lowest BCUT2D eigenvalue weighted by molar-refractivity contribution is -0.137. The molecule has 0 N–H and O–H groups in total. The molecule has 4 nitrogen and oxygen atoms in total. The summed E-state index contributed by atoms with van der Waals surface area (Å²) in [6, 6.07) is 0. The van der Waals surface area contributed by atoms with Crippen molar-refractivity contribution in [2.75, 3.05) is 13.2 Å². The van der Waals surface area contributed by atoms with Crippen molar-refractivity contribution in [3.8, 4) is 0 Å². The van der Waals surface area contributed by atoms with Crippen LogP contribution in [0.4, 0.5) is 0 Å². The van der Waals surface area contributed by atoms with Gasteiger partial charge in [0.05, 0.1) is 0 Å². The van der Waals surface area contributed by atoms with E-state index in [2.05, 4.69) is 313 Å². The third kappa shape index (κ3) is 82.1. The van der Waals surface area contributed by atoms with Crippen LogP contribution >= 0.6 is 0 Å². The highest BCUT2D eigenvalue weighted by molar-refractivity contribution is 5.83. The monoisotopic (exact) mass is 1760 g/mol. The predicted molar refractivity (Wildman–Crippen MR) is 580 cm³/mol. The standard InChI is InChI=1S/C125H198O4/c1-99(2)50-28-52-101(5)54-30-56-103(7)58-32-60-105(9)62-34-67-109(13)71-39-75-113(17)79-43-83-117(21)87-47-91-121(25)96-124(126)128-95-94-120(24)90-46-86-116(20)82-42-78-112(16)74-38-70-108(12)66-36-64-107(11)65-37-69-111(15)73-41-77-115(19)81-45-85-119(23)89-49-93-123(27)98-129-125(127)97-122(26)92-48-88-118(22)84-44-80-114(18)76-40-72-110(14)68-35-63-106(10)61-33-59-104(8)57-31-55-102(6)53-29-51-100(3)4/h50-51,54-55,58-59,62-64,69-72,77-80,85-88,93-94,96-97H,28-49,52-53,56-57,60-61,65-68,73-76,81-84,89-92,95,98H2,1-27H3/b101-54+,102-55+,103-58+,104-59+,105-62-,106-63-,107-64-,108-70-,109-71-,110-72-,111-69-,112-78-,113-79-,114-80-,115-77+,116-86-,117-87-,118-88-,119-85+,120-94-,121-96-,122-97-,123-93+. The van der Waals surface area contributed by atoms with Crippen molar-refractivity contribution >= 4 is 11.9 Å². The van der Waals surface area contributed by atoms with E-state index in [1.54, 1.807) is 12.2 Å². The molecule has 0 fully saturated rings. The van der Waals surface area contributed by atoms with Gasteiger partial charge in [-0.3, -0.25) is 0 Å². The second-order valence-corrected chi connectivity index (χ2v) is 39.7. The Morgan fingerprint density at radius 2 is 0.256 bits per heavy atom. The van der Waals surface area contributed by atoms with Gasteiger partial charge >= 0.3 is 11.9 Å². The van der Waals surface area contributed by atoms with Crippen molar-refractivity contribution in [3.05, 3.63) is 291 Å². The van der Waals surface area contributed by atoms with Crippen molar-refractivity contribution in [1.82, 2.24) is 0 Å². The Bertz CT molecular complexity index is 4030. The molecule has 0 amide bonds. The first-order valence-corrected chi connectivity index (χ1v) is 51.2. The average Bonchev–Trinajstić information content (AvgIpc) is 0.967. The molecule has 129 heavy (non-hydrogen) atoms. The molecule has 0 aromatic heterocycles. The minimum atomic E-state index is -0.251. The maximum absolute atomic E-state index is 12.7. The van der Waals surface area contributed by atoms with Crippen LogP contribution in [0.15, 0.2) is 291 Å². The van der Waals surface area contributed by atoms with Gasteiger partial charge in [0, 0.05) is 12.2 Å². The van der Waals surface area contributed by atoms with E-state index in [4.69, 9.17) is 9.47 Å². The van der Waals surface area contributed by atoms with Crippen molar-refractivity contribution in [2.24, 2.45) is 0 Å². The van der Waals surface area contributed by atoms with E-state index in [9.17, 15) is 9.59 Å². The summed E-state index contributed by atoms with van der Waals surface area (Å²) in [7, 11) is 0. The summed E-state index contributed by atoms with van der Waals surface area (Å²) in [6.07, 6.45) is 107. The minimum Gasteiger partial charge on any atom is -0.458 e. The molecule has 0 heterocycles. The van der Waals surface area contributed by atoms with Gasteiger partial charge in [-0.2, -0.15) is 0 Å². The Labute approximate surface area is 799 Å². The molecule has 0 radical (unpaired) electrons. The summed E-state index contributed by atoms with van der Waals surface area (Å²) in [5.41, 5.74) is 35.5. The summed E-state index contributed by atoms with van der Waals surface area (Å²) >= 11 is 0. The van der Waals surface area contributed by atoms with Crippen molar-refractivity contribution in [1.29, 1.82) is 0 Å². The van der Waals surface area contributed by atoms with Crippen LogP contribution in [0.5, 0.6) is 0 Å². The molecule has 0 aromatic carbocycles. The largest absolute Gasteiger partial charge is 0.458 e. The van der Waals surface area contributed by atoms with Crippen molar-refractivity contribution in [2.45, 2.75) is 469 Å². The lowest BCUT2D eigenvalue weighted by Gasteiger charge is -2.05. The molecule has 0 saturated carbocycles. The highest BCUT2D eigenvalue weighted by Gasteiger charge is 2.07. The maximum atomic E-state index is 12.7. The second kappa shape index (κ2) is 80.1. The molecule has 0 aliphatic carbocycles. The van der Waals surface area contributed by atoms with E-state index in [0.29, 0.717) is 13.2 Å². The number of carbonyl (C=O) groups excluding carboxylic acids is 2. The van der Waals surface area contributed by atoms with Gasteiger partial charge < -0.3 is 9.47 Å². The Kier molecular flexibility index (Phi) is 75.4. The zero-order valence-corrected chi connectivity index (χ0v) is 89.1. The summed E-state index contributed by atoms with van der Waals surface area (Å²) in [5.74, 6) is -0.499. The summed E-state index contributed by atoms with van der Waals surface area (Å²) < 4.78 is 11.2. The van der Waals surface area contributed by atoms with Gasteiger partial charge in [-0.15, -0.1) is 0 Å². The smallest absolute Gasteiger partial charge is 0.331 e. The van der Waals surface area contributed by atoms with Crippen LogP contribution < -0.4 is 0 Å². The van der Waals surface area contributed by atoms with Crippen LogP contribution in [0.25, 0.3) is 0 Å². The van der Waals surface area contributed by atoms with Crippen LogP contribution in [-0.4, -0.2) is 25.2 Å².